The summed E-state index contributed by atoms with van der Waals surface area (Å²) < 4.78 is 26.0. The molecule has 4 rings (SSSR count). The number of carbonyl (C=O) groups is 1. The van der Waals surface area contributed by atoms with Gasteiger partial charge in [0, 0.05) is 29.4 Å². The van der Waals surface area contributed by atoms with Crippen molar-refractivity contribution in [1.29, 1.82) is 0 Å². The van der Waals surface area contributed by atoms with E-state index < -0.39 is 10.0 Å². The van der Waals surface area contributed by atoms with Gasteiger partial charge in [0.2, 0.25) is 10.0 Å². The summed E-state index contributed by atoms with van der Waals surface area (Å²) in [5.74, 6) is -0.232. The highest BCUT2D eigenvalue weighted by molar-refractivity contribution is 7.89. The van der Waals surface area contributed by atoms with E-state index in [0.717, 1.165) is 22.2 Å². The lowest BCUT2D eigenvalue weighted by atomic mass is 10.1. The number of benzene rings is 1. The minimum absolute atomic E-state index is 0.183. The lowest BCUT2D eigenvalue weighted by Crippen LogP contribution is -2.23. The molecule has 3 N–H and O–H groups in total. The van der Waals surface area contributed by atoms with Crippen molar-refractivity contribution in [2.45, 2.75) is 18.4 Å². The Morgan fingerprint density at radius 1 is 1.10 bits per heavy atom. The maximum atomic E-state index is 12.6. The van der Waals surface area contributed by atoms with Gasteiger partial charge in [0.1, 0.15) is 11.3 Å². The van der Waals surface area contributed by atoms with E-state index in [1.807, 2.05) is 31.2 Å². The Kier molecular flexibility index (Phi) is 5.53. The molecule has 0 bridgehead atoms. The van der Waals surface area contributed by atoms with E-state index in [2.05, 4.69) is 25.0 Å². The van der Waals surface area contributed by atoms with Crippen molar-refractivity contribution in [2.75, 3.05) is 7.05 Å². The fraction of sp³-hybridized carbons (Fsp3) is 0.136. The predicted molar refractivity (Wildman–Crippen MR) is 118 cm³/mol. The summed E-state index contributed by atoms with van der Waals surface area (Å²) >= 11 is 0. The highest BCUT2D eigenvalue weighted by atomic mass is 32.2. The third-order valence-electron chi connectivity index (χ3n) is 5.01. The zero-order chi connectivity index (χ0) is 22.0. The van der Waals surface area contributed by atoms with E-state index in [0.29, 0.717) is 23.6 Å². The number of carbonyl (C=O) groups excluding carboxylic acids is 1. The summed E-state index contributed by atoms with van der Waals surface area (Å²) in [6, 6.07) is 15.7. The monoisotopic (exact) mass is 435 g/mol. The topological polar surface area (TPSA) is 117 Å². The summed E-state index contributed by atoms with van der Waals surface area (Å²) in [6.45, 7) is 2.28. The molecule has 4 aromatic rings. The van der Waals surface area contributed by atoms with Crippen molar-refractivity contribution >= 4 is 27.0 Å². The number of aryl methyl sites for hydroxylation is 1. The first-order valence-electron chi connectivity index (χ1n) is 9.60. The predicted octanol–water partition coefficient (Wildman–Crippen LogP) is 2.77. The molecule has 8 nitrogen and oxygen atoms in total. The maximum absolute atomic E-state index is 12.6. The summed E-state index contributed by atoms with van der Waals surface area (Å²) in [4.78, 5) is 24.6. The summed E-state index contributed by atoms with van der Waals surface area (Å²) in [7, 11) is -2.12. The summed E-state index contributed by atoms with van der Waals surface area (Å²) in [5, 5.41) is 3.69. The average molecular weight is 436 g/mol. The number of nitrogens with one attached hydrogen (secondary N) is 3. The Morgan fingerprint density at radius 3 is 2.58 bits per heavy atom. The Hall–Kier alpha value is -3.56. The molecule has 0 radical (unpaired) electrons. The number of aromatic amines is 1. The van der Waals surface area contributed by atoms with Gasteiger partial charge in [0.15, 0.2) is 0 Å². The molecule has 1 amide bonds. The highest BCUT2D eigenvalue weighted by Crippen LogP contribution is 2.23. The Balaban J connectivity index is 1.54. The minimum atomic E-state index is -3.49. The smallest absolute Gasteiger partial charge is 0.268 e. The molecule has 0 saturated carbocycles. The normalized spacial score (nSPS) is 11.5. The van der Waals surface area contributed by atoms with E-state index in [1.54, 1.807) is 24.4 Å². The number of nitrogens with zero attached hydrogens (tertiary/aromatic N) is 2. The van der Waals surface area contributed by atoms with Gasteiger partial charge in [0.25, 0.3) is 5.91 Å². The standard InChI is InChI=1S/C22H21N5O3S/c1-14-17(4-3-11-24-14)13-25-22(28)20-12-16-7-10-19(26-21(16)27-20)15-5-8-18(9-6-15)31(29,30)23-2/h3-12,23H,13H2,1-2H3,(H,25,28)(H,26,27). The number of aromatic nitrogens is 3. The van der Waals surface area contributed by atoms with Crippen molar-refractivity contribution in [3.05, 3.63) is 77.7 Å². The van der Waals surface area contributed by atoms with Gasteiger partial charge in [-0.3, -0.25) is 9.78 Å². The first-order valence-corrected chi connectivity index (χ1v) is 11.1. The van der Waals surface area contributed by atoms with Crippen LogP contribution in [0.2, 0.25) is 0 Å². The maximum Gasteiger partial charge on any atom is 0.268 e. The number of H-pyrrole nitrogens is 1. The van der Waals surface area contributed by atoms with Gasteiger partial charge in [-0.1, -0.05) is 18.2 Å². The number of fused-ring (bicyclic) bond motifs is 1. The summed E-state index contributed by atoms with van der Waals surface area (Å²) in [5.41, 5.74) is 4.25. The molecule has 31 heavy (non-hydrogen) atoms. The van der Waals surface area contributed by atoms with Gasteiger partial charge < -0.3 is 10.3 Å². The first kappa shape index (κ1) is 20.7. The SMILES string of the molecule is CNS(=O)(=O)c1ccc(-c2ccc3cc(C(=O)NCc4cccnc4C)[nH]c3n2)cc1. The zero-order valence-electron chi connectivity index (χ0n) is 17.0. The molecule has 0 aliphatic carbocycles. The molecule has 0 fully saturated rings. The molecule has 0 atom stereocenters. The van der Waals surface area contributed by atoms with Crippen LogP contribution >= 0.6 is 0 Å². The molecule has 0 aliphatic rings. The zero-order valence-corrected chi connectivity index (χ0v) is 17.8. The van der Waals surface area contributed by atoms with Crippen molar-refractivity contribution in [1.82, 2.24) is 25.0 Å². The van der Waals surface area contributed by atoms with Crippen molar-refractivity contribution < 1.29 is 13.2 Å². The Morgan fingerprint density at radius 2 is 1.87 bits per heavy atom. The van der Waals surface area contributed by atoms with Crippen LogP contribution in [-0.2, 0) is 16.6 Å². The average Bonchev–Trinajstić information content (AvgIpc) is 3.22. The van der Waals surface area contributed by atoms with Gasteiger partial charge in [-0.2, -0.15) is 0 Å². The van der Waals surface area contributed by atoms with Crippen LogP contribution < -0.4 is 10.0 Å². The van der Waals surface area contributed by atoms with E-state index in [1.165, 1.54) is 19.2 Å². The fourth-order valence-electron chi connectivity index (χ4n) is 3.19. The molecule has 3 aromatic heterocycles. The second-order valence-corrected chi connectivity index (χ2v) is 8.87. The van der Waals surface area contributed by atoms with Gasteiger partial charge >= 0.3 is 0 Å². The molecule has 0 unspecified atom stereocenters. The van der Waals surface area contributed by atoms with E-state index in [9.17, 15) is 13.2 Å². The molecule has 0 aliphatic heterocycles. The van der Waals surface area contributed by atoms with Crippen LogP contribution in [-0.4, -0.2) is 36.3 Å². The number of rotatable bonds is 6. The quantitative estimate of drug-likeness (QED) is 0.431. The van der Waals surface area contributed by atoms with Crippen molar-refractivity contribution in [3.63, 3.8) is 0 Å². The van der Waals surface area contributed by atoms with Crippen LogP contribution in [0.1, 0.15) is 21.7 Å². The van der Waals surface area contributed by atoms with Crippen LogP contribution in [0, 0.1) is 6.92 Å². The number of amides is 1. The largest absolute Gasteiger partial charge is 0.347 e. The number of hydrogen-bond donors (Lipinski definition) is 3. The van der Waals surface area contributed by atoms with Crippen LogP contribution in [0.4, 0.5) is 0 Å². The van der Waals surface area contributed by atoms with E-state index in [-0.39, 0.29) is 10.8 Å². The second kappa shape index (κ2) is 8.29. The third kappa shape index (κ3) is 4.32. The Bertz CT molecular complexity index is 1360. The van der Waals surface area contributed by atoms with E-state index in [4.69, 9.17) is 0 Å². The van der Waals surface area contributed by atoms with Crippen LogP contribution in [0.3, 0.4) is 0 Å². The Labute approximate surface area is 179 Å². The van der Waals surface area contributed by atoms with Crippen LogP contribution in [0.15, 0.2) is 65.7 Å². The number of sulfonamides is 1. The molecule has 9 heteroatoms. The number of hydrogen-bond acceptors (Lipinski definition) is 5. The van der Waals surface area contributed by atoms with E-state index >= 15 is 0 Å². The number of pyridine rings is 2. The molecule has 0 saturated heterocycles. The molecular weight excluding hydrogens is 414 g/mol. The lowest BCUT2D eigenvalue weighted by molar-refractivity contribution is 0.0946. The van der Waals surface area contributed by atoms with Crippen LogP contribution in [0.5, 0.6) is 0 Å². The highest BCUT2D eigenvalue weighted by Gasteiger charge is 2.13. The molecule has 158 valence electrons. The molecule has 0 spiro atoms. The molecule has 3 heterocycles. The minimum Gasteiger partial charge on any atom is -0.347 e. The third-order valence-corrected chi connectivity index (χ3v) is 6.44. The van der Waals surface area contributed by atoms with Crippen LogP contribution in [0.25, 0.3) is 22.3 Å². The fourth-order valence-corrected chi connectivity index (χ4v) is 3.92. The molecular formula is C22H21N5O3S. The second-order valence-electron chi connectivity index (χ2n) is 6.98. The summed E-state index contributed by atoms with van der Waals surface area (Å²) in [6.07, 6.45) is 1.72. The van der Waals surface area contributed by atoms with Gasteiger partial charge in [-0.05, 0) is 55.9 Å². The van der Waals surface area contributed by atoms with Gasteiger partial charge in [-0.25, -0.2) is 18.1 Å². The van der Waals surface area contributed by atoms with Crippen molar-refractivity contribution in [3.8, 4) is 11.3 Å². The van der Waals surface area contributed by atoms with Gasteiger partial charge in [0.05, 0.1) is 10.6 Å². The van der Waals surface area contributed by atoms with Crippen molar-refractivity contribution in [2.24, 2.45) is 0 Å². The first-order chi connectivity index (χ1) is 14.9. The molecule has 1 aromatic carbocycles. The lowest BCUT2D eigenvalue weighted by Gasteiger charge is -2.06. The van der Waals surface area contributed by atoms with Gasteiger partial charge in [-0.15, -0.1) is 0 Å².